The molecule has 0 aromatic heterocycles. The number of nitrogens with one attached hydrogen (secondary N) is 1. The predicted molar refractivity (Wildman–Crippen MR) is 101 cm³/mol. The van der Waals surface area contributed by atoms with E-state index in [2.05, 4.69) is 29.6 Å². The molecule has 0 radical (unpaired) electrons. The SMILES string of the molecule is OCCSC1=NC2CCCCC2C(NC2Cc3ccccc3C2)=N1. The normalized spacial score (nSPS) is 26.4. The molecule has 0 amide bonds. The average molecular weight is 343 g/mol. The van der Waals surface area contributed by atoms with Crippen LogP contribution in [0.5, 0.6) is 0 Å². The molecule has 5 heteroatoms. The summed E-state index contributed by atoms with van der Waals surface area (Å²) in [6.45, 7) is 0.175. The third kappa shape index (κ3) is 3.38. The van der Waals surface area contributed by atoms with E-state index in [1.807, 2.05) is 0 Å². The van der Waals surface area contributed by atoms with E-state index in [0.29, 0.717) is 23.8 Å². The van der Waals surface area contributed by atoms with Crippen molar-refractivity contribution >= 4 is 22.8 Å². The summed E-state index contributed by atoms with van der Waals surface area (Å²) in [6, 6.07) is 9.58. The van der Waals surface area contributed by atoms with E-state index in [-0.39, 0.29) is 6.61 Å². The van der Waals surface area contributed by atoms with Crippen LogP contribution in [0.25, 0.3) is 0 Å². The van der Waals surface area contributed by atoms with Crippen molar-refractivity contribution in [1.82, 2.24) is 5.32 Å². The standard InChI is InChI=1S/C19H25N3OS/c23-9-10-24-19-21-17-8-4-3-7-16(17)18(22-19)20-15-11-13-5-1-2-6-14(13)12-15/h1-2,5-6,15-17,23H,3-4,7-12H2,(H,20,21,22). The predicted octanol–water partition coefficient (Wildman–Crippen LogP) is 2.80. The Morgan fingerprint density at radius 2 is 1.88 bits per heavy atom. The van der Waals surface area contributed by atoms with Crippen molar-refractivity contribution in [3.05, 3.63) is 35.4 Å². The van der Waals surface area contributed by atoms with E-state index >= 15 is 0 Å². The minimum Gasteiger partial charge on any atom is -0.396 e. The number of aliphatic imine (C=N–C) groups is 2. The second-order valence-electron chi connectivity index (χ2n) is 6.96. The molecule has 2 aliphatic carbocycles. The van der Waals surface area contributed by atoms with Gasteiger partial charge in [-0.05, 0) is 36.8 Å². The number of aliphatic hydroxyl groups excluding tert-OH is 1. The van der Waals surface area contributed by atoms with Gasteiger partial charge in [0.25, 0.3) is 0 Å². The largest absolute Gasteiger partial charge is 0.396 e. The van der Waals surface area contributed by atoms with Crippen LogP contribution in [0.2, 0.25) is 0 Å². The molecule has 128 valence electrons. The summed E-state index contributed by atoms with van der Waals surface area (Å²) in [5.74, 6) is 2.27. The second-order valence-corrected chi connectivity index (χ2v) is 8.02. The van der Waals surface area contributed by atoms with Crippen molar-refractivity contribution in [2.75, 3.05) is 12.4 Å². The minimum absolute atomic E-state index is 0.175. The molecule has 1 aromatic carbocycles. The molecule has 24 heavy (non-hydrogen) atoms. The van der Waals surface area contributed by atoms with Gasteiger partial charge in [-0.2, -0.15) is 0 Å². The maximum Gasteiger partial charge on any atom is 0.184 e. The van der Waals surface area contributed by atoms with Gasteiger partial charge in [0.05, 0.1) is 12.6 Å². The molecule has 1 fully saturated rings. The van der Waals surface area contributed by atoms with Crippen LogP contribution in [0.1, 0.15) is 36.8 Å². The van der Waals surface area contributed by atoms with Crippen molar-refractivity contribution in [2.45, 2.75) is 50.6 Å². The molecular formula is C19H25N3OS. The van der Waals surface area contributed by atoms with Crippen molar-refractivity contribution in [3.8, 4) is 0 Å². The topological polar surface area (TPSA) is 57.0 Å². The van der Waals surface area contributed by atoms with Crippen molar-refractivity contribution in [3.63, 3.8) is 0 Å². The maximum atomic E-state index is 9.09. The molecule has 1 aliphatic heterocycles. The number of rotatable bonds is 3. The number of aliphatic hydroxyl groups is 1. The molecule has 0 saturated heterocycles. The lowest BCUT2D eigenvalue weighted by Gasteiger charge is -2.34. The van der Waals surface area contributed by atoms with E-state index in [9.17, 15) is 0 Å². The molecule has 1 heterocycles. The number of thioether (sulfide) groups is 1. The van der Waals surface area contributed by atoms with Crippen molar-refractivity contribution < 1.29 is 5.11 Å². The van der Waals surface area contributed by atoms with Gasteiger partial charge in [-0.1, -0.05) is 48.9 Å². The zero-order valence-electron chi connectivity index (χ0n) is 13.9. The summed E-state index contributed by atoms with van der Waals surface area (Å²) >= 11 is 1.57. The van der Waals surface area contributed by atoms with Crippen LogP contribution in [-0.2, 0) is 12.8 Å². The first kappa shape index (κ1) is 16.2. The highest BCUT2D eigenvalue weighted by Gasteiger charge is 2.34. The van der Waals surface area contributed by atoms with E-state index in [1.165, 1.54) is 36.8 Å². The van der Waals surface area contributed by atoms with E-state index in [4.69, 9.17) is 15.1 Å². The highest BCUT2D eigenvalue weighted by molar-refractivity contribution is 8.13. The molecule has 1 aromatic rings. The van der Waals surface area contributed by atoms with Crippen LogP contribution in [0.3, 0.4) is 0 Å². The highest BCUT2D eigenvalue weighted by atomic mass is 32.2. The fourth-order valence-electron chi connectivity index (χ4n) is 4.16. The van der Waals surface area contributed by atoms with Gasteiger partial charge in [0, 0.05) is 17.7 Å². The first-order valence-corrected chi connectivity index (χ1v) is 10.1. The highest BCUT2D eigenvalue weighted by Crippen LogP contribution is 2.32. The van der Waals surface area contributed by atoms with Gasteiger partial charge in [-0.3, -0.25) is 4.99 Å². The van der Waals surface area contributed by atoms with E-state index in [1.54, 1.807) is 11.8 Å². The lowest BCUT2D eigenvalue weighted by atomic mass is 9.83. The number of nitrogens with zero attached hydrogens (tertiary/aromatic N) is 2. The summed E-state index contributed by atoms with van der Waals surface area (Å²) in [7, 11) is 0. The smallest absolute Gasteiger partial charge is 0.184 e. The molecule has 2 unspecified atom stereocenters. The maximum absolute atomic E-state index is 9.09. The number of amidine groups is 2. The quantitative estimate of drug-likeness (QED) is 0.887. The Morgan fingerprint density at radius 3 is 2.62 bits per heavy atom. The number of hydrogen-bond acceptors (Lipinski definition) is 5. The molecule has 3 aliphatic rings. The van der Waals surface area contributed by atoms with Crippen LogP contribution in [0, 0.1) is 5.92 Å². The Morgan fingerprint density at radius 1 is 1.12 bits per heavy atom. The Kier molecular flexibility index (Phi) is 4.90. The van der Waals surface area contributed by atoms with Gasteiger partial charge in [-0.25, -0.2) is 4.99 Å². The molecule has 4 rings (SSSR count). The van der Waals surface area contributed by atoms with Crippen molar-refractivity contribution in [2.24, 2.45) is 15.9 Å². The van der Waals surface area contributed by atoms with E-state index < -0.39 is 0 Å². The fourth-order valence-corrected chi connectivity index (χ4v) is 4.80. The lowest BCUT2D eigenvalue weighted by Crippen LogP contribution is -2.46. The number of hydrogen-bond donors (Lipinski definition) is 2. The molecule has 2 atom stereocenters. The Balaban J connectivity index is 1.49. The van der Waals surface area contributed by atoms with Crippen LogP contribution in [-0.4, -0.2) is 40.6 Å². The van der Waals surface area contributed by atoms with Crippen LogP contribution in [0.15, 0.2) is 34.3 Å². The lowest BCUT2D eigenvalue weighted by molar-refractivity contribution is 0.322. The zero-order chi connectivity index (χ0) is 16.4. The third-order valence-electron chi connectivity index (χ3n) is 5.30. The van der Waals surface area contributed by atoms with Crippen LogP contribution in [0.4, 0.5) is 0 Å². The van der Waals surface area contributed by atoms with Crippen molar-refractivity contribution in [1.29, 1.82) is 0 Å². The summed E-state index contributed by atoms with van der Waals surface area (Å²) < 4.78 is 0. The molecular weight excluding hydrogens is 318 g/mol. The minimum atomic E-state index is 0.175. The summed E-state index contributed by atoms with van der Waals surface area (Å²) in [4.78, 5) is 9.68. The molecule has 0 spiro atoms. The average Bonchev–Trinajstić information content (AvgIpc) is 3.02. The second kappa shape index (κ2) is 7.28. The zero-order valence-corrected chi connectivity index (χ0v) is 14.8. The van der Waals surface area contributed by atoms with Gasteiger partial charge in [0.15, 0.2) is 5.17 Å². The van der Waals surface area contributed by atoms with Gasteiger partial charge < -0.3 is 10.4 Å². The van der Waals surface area contributed by atoms with Gasteiger partial charge in [-0.15, -0.1) is 0 Å². The molecule has 1 saturated carbocycles. The van der Waals surface area contributed by atoms with Gasteiger partial charge >= 0.3 is 0 Å². The summed E-state index contributed by atoms with van der Waals surface area (Å²) in [6.07, 6.45) is 7.08. The Labute approximate surface area is 147 Å². The van der Waals surface area contributed by atoms with Gasteiger partial charge in [0.1, 0.15) is 5.84 Å². The monoisotopic (exact) mass is 343 g/mol. The van der Waals surface area contributed by atoms with E-state index in [0.717, 1.165) is 23.8 Å². The molecule has 2 N–H and O–H groups in total. The van der Waals surface area contributed by atoms with Gasteiger partial charge in [0.2, 0.25) is 0 Å². The number of fused-ring (bicyclic) bond motifs is 2. The number of benzene rings is 1. The molecule has 4 nitrogen and oxygen atoms in total. The Hall–Kier alpha value is -1.33. The third-order valence-corrected chi connectivity index (χ3v) is 6.14. The Bertz CT molecular complexity index is 633. The van der Waals surface area contributed by atoms with Crippen LogP contribution >= 0.6 is 11.8 Å². The van der Waals surface area contributed by atoms with Crippen LogP contribution < -0.4 is 5.32 Å². The summed E-state index contributed by atoms with van der Waals surface area (Å²) in [5.41, 5.74) is 2.94. The first-order valence-electron chi connectivity index (χ1n) is 9.07. The molecule has 0 bridgehead atoms. The summed E-state index contributed by atoms with van der Waals surface area (Å²) in [5, 5.41) is 13.7. The fraction of sp³-hybridized carbons (Fsp3) is 0.579. The first-order chi connectivity index (χ1) is 11.8.